The van der Waals surface area contributed by atoms with Gasteiger partial charge in [0.15, 0.2) is 0 Å². The highest BCUT2D eigenvalue weighted by Gasteiger charge is 2.33. The molecule has 1 unspecified atom stereocenters. The highest BCUT2D eigenvalue weighted by molar-refractivity contribution is 5.47. The number of anilines is 1. The Morgan fingerprint density at radius 2 is 1.97 bits per heavy atom. The maximum Gasteiger partial charge on any atom is 0.416 e. The van der Waals surface area contributed by atoms with Crippen molar-refractivity contribution in [3.8, 4) is 0 Å². The number of rotatable bonds is 8. The molecule has 2 rings (SSSR count). The average molecular weight is 479 g/mol. The minimum atomic E-state index is -4.47. The molecular formula is C27H34F4N2O. The number of aromatic nitrogens is 1. The van der Waals surface area contributed by atoms with Crippen LogP contribution in [0.4, 0.5) is 23.4 Å². The monoisotopic (exact) mass is 478 g/mol. The molecule has 0 bridgehead atoms. The van der Waals surface area contributed by atoms with Gasteiger partial charge >= 0.3 is 6.18 Å². The molecule has 1 atom stereocenters. The summed E-state index contributed by atoms with van der Waals surface area (Å²) in [6.07, 6.45) is 5.17. The number of hydrogen-bond acceptors (Lipinski definition) is 3. The summed E-state index contributed by atoms with van der Waals surface area (Å²) < 4.78 is 60.7. The van der Waals surface area contributed by atoms with Crippen molar-refractivity contribution in [3.63, 3.8) is 0 Å². The fraction of sp³-hybridized carbons (Fsp3) is 0.444. The number of pyridine rings is 1. The maximum atomic E-state index is 13.6. The summed E-state index contributed by atoms with van der Waals surface area (Å²) in [5, 5.41) is 0. The molecule has 0 aliphatic heterocycles. The zero-order valence-electron chi connectivity index (χ0n) is 20.8. The van der Waals surface area contributed by atoms with E-state index in [-0.39, 0.29) is 12.5 Å². The van der Waals surface area contributed by atoms with Gasteiger partial charge in [-0.2, -0.15) is 13.2 Å². The molecular weight excluding hydrogens is 444 g/mol. The Morgan fingerprint density at radius 1 is 1.26 bits per heavy atom. The smallest absolute Gasteiger partial charge is 0.416 e. The third kappa shape index (κ3) is 7.08. The van der Waals surface area contributed by atoms with Gasteiger partial charge in [-0.15, -0.1) is 0 Å². The summed E-state index contributed by atoms with van der Waals surface area (Å²) in [6.45, 7) is 9.06. The Labute approximate surface area is 200 Å². The van der Waals surface area contributed by atoms with Gasteiger partial charge in [0.25, 0.3) is 0 Å². The first-order valence-electron chi connectivity index (χ1n) is 11.5. The molecule has 0 spiro atoms. The first kappa shape index (κ1) is 27.4. The van der Waals surface area contributed by atoms with Gasteiger partial charge in [-0.25, -0.2) is 9.37 Å². The molecule has 1 aliphatic carbocycles. The highest BCUT2D eigenvalue weighted by Crippen LogP contribution is 2.36. The zero-order chi connectivity index (χ0) is 25.5. The summed E-state index contributed by atoms with van der Waals surface area (Å²) in [7, 11) is 1.86. The number of allylic oxidation sites excluding steroid dienone is 7. The van der Waals surface area contributed by atoms with Crippen LogP contribution in [0, 0.1) is 5.82 Å². The van der Waals surface area contributed by atoms with E-state index in [0.29, 0.717) is 22.9 Å². The van der Waals surface area contributed by atoms with Gasteiger partial charge in [0, 0.05) is 12.6 Å². The third-order valence-electron chi connectivity index (χ3n) is 5.63. The van der Waals surface area contributed by atoms with Crippen LogP contribution in [0.5, 0.6) is 0 Å². The lowest BCUT2D eigenvalue weighted by Crippen LogP contribution is -2.37. The van der Waals surface area contributed by atoms with Crippen LogP contribution in [-0.4, -0.2) is 24.2 Å². The van der Waals surface area contributed by atoms with Crippen LogP contribution in [0.2, 0.25) is 0 Å². The summed E-state index contributed by atoms with van der Waals surface area (Å²) in [5.41, 5.74) is 1.44. The van der Waals surface area contributed by atoms with E-state index >= 15 is 0 Å². The predicted octanol–water partition coefficient (Wildman–Crippen LogP) is 8.20. The largest absolute Gasteiger partial charge is 0.459 e. The predicted molar refractivity (Wildman–Crippen MR) is 130 cm³/mol. The molecule has 1 aromatic rings. The fourth-order valence-corrected chi connectivity index (χ4v) is 3.93. The second-order valence-corrected chi connectivity index (χ2v) is 8.59. The SMILES string of the molecule is C\C=C/C(=C\C(=C\CC)C(F)(F)F)C(OC1=C(C)CCCC1N(C)c1ccc(F)cn1)=C(C)C. The maximum absolute atomic E-state index is 13.6. The molecule has 1 heterocycles. The standard InChI is InChI=1S/C27H34F4N2O/c1-7-10-20(16-21(11-8-2)27(29,30)31)25(18(3)4)34-26-19(5)12-9-13-23(26)33(6)24-15-14-22(28)17-32-24/h7,10-11,14-17,23H,8-9,12-13H2,1-6H3/b10-7-,20-16+,21-11-. The van der Waals surface area contributed by atoms with Gasteiger partial charge in [0.05, 0.1) is 17.8 Å². The Hall–Kier alpha value is -2.83. The normalized spacial score (nSPS) is 17.9. The van der Waals surface area contributed by atoms with Crippen molar-refractivity contribution < 1.29 is 22.3 Å². The molecule has 0 aromatic carbocycles. The molecule has 1 aromatic heterocycles. The second-order valence-electron chi connectivity index (χ2n) is 8.59. The van der Waals surface area contributed by atoms with Crippen molar-refractivity contribution in [1.29, 1.82) is 0 Å². The summed E-state index contributed by atoms with van der Waals surface area (Å²) in [5.74, 6) is 1.26. The Bertz CT molecular complexity index is 994. The number of nitrogens with zero attached hydrogens (tertiary/aromatic N) is 2. The Balaban J connectivity index is 2.52. The van der Waals surface area contributed by atoms with Crippen LogP contribution >= 0.6 is 0 Å². The zero-order valence-corrected chi connectivity index (χ0v) is 20.8. The molecule has 1 aliphatic rings. The fourth-order valence-electron chi connectivity index (χ4n) is 3.93. The third-order valence-corrected chi connectivity index (χ3v) is 5.63. The van der Waals surface area contributed by atoms with Crippen molar-refractivity contribution in [2.45, 2.75) is 72.5 Å². The lowest BCUT2D eigenvalue weighted by molar-refractivity contribution is -0.0884. The first-order valence-corrected chi connectivity index (χ1v) is 11.5. The molecule has 34 heavy (non-hydrogen) atoms. The number of halogens is 4. The summed E-state index contributed by atoms with van der Waals surface area (Å²) in [6, 6.07) is 2.78. The topological polar surface area (TPSA) is 25.4 Å². The van der Waals surface area contributed by atoms with Crippen LogP contribution in [0.1, 0.15) is 60.3 Å². The lowest BCUT2D eigenvalue weighted by atomic mass is 9.93. The van der Waals surface area contributed by atoms with Crippen molar-refractivity contribution >= 4 is 5.82 Å². The van der Waals surface area contributed by atoms with E-state index in [1.807, 2.05) is 32.7 Å². The molecule has 0 amide bonds. The number of ether oxygens (including phenoxy) is 1. The van der Waals surface area contributed by atoms with Crippen molar-refractivity contribution in [2.75, 3.05) is 11.9 Å². The van der Waals surface area contributed by atoms with Crippen LogP contribution in [0.3, 0.4) is 0 Å². The van der Waals surface area contributed by atoms with Crippen molar-refractivity contribution in [1.82, 2.24) is 4.98 Å². The molecule has 0 saturated carbocycles. The van der Waals surface area contributed by atoms with E-state index in [1.165, 1.54) is 18.3 Å². The number of likely N-dealkylation sites (N-methyl/N-ethyl adjacent to an activating group) is 1. The van der Waals surface area contributed by atoms with Gasteiger partial charge in [-0.1, -0.05) is 25.2 Å². The molecule has 186 valence electrons. The van der Waals surface area contributed by atoms with E-state index in [4.69, 9.17) is 4.74 Å². The number of alkyl halides is 3. The number of hydrogen-bond donors (Lipinski definition) is 0. The second kappa shape index (κ2) is 12.0. The Kier molecular flexibility index (Phi) is 9.71. The van der Waals surface area contributed by atoms with Gasteiger partial charge in [-0.3, -0.25) is 0 Å². The minimum Gasteiger partial charge on any atom is -0.459 e. The quantitative estimate of drug-likeness (QED) is 0.214. The van der Waals surface area contributed by atoms with Gasteiger partial charge in [-0.05, 0) is 82.7 Å². The summed E-state index contributed by atoms with van der Waals surface area (Å²) >= 11 is 0. The van der Waals surface area contributed by atoms with Gasteiger partial charge < -0.3 is 9.64 Å². The average Bonchev–Trinajstić information content (AvgIpc) is 2.76. The van der Waals surface area contributed by atoms with Crippen molar-refractivity contribution in [3.05, 3.63) is 82.3 Å². The van der Waals surface area contributed by atoms with E-state index in [2.05, 4.69) is 4.98 Å². The first-order chi connectivity index (χ1) is 16.0. The van der Waals surface area contributed by atoms with E-state index in [9.17, 15) is 17.6 Å². The van der Waals surface area contributed by atoms with Gasteiger partial charge in [0.1, 0.15) is 23.2 Å². The molecule has 7 heteroatoms. The van der Waals surface area contributed by atoms with Crippen LogP contribution in [0.25, 0.3) is 0 Å². The summed E-state index contributed by atoms with van der Waals surface area (Å²) in [4.78, 5) is 6.11. The Morgan fingerprint density at radius 3 is 2.50 bits per heavy atom. The lowest BCUT2D eigenvalue weighted by Gasteiger charge is -2.35. The minimum absolute atomic E-state index is 0.179. The van der Waals surface area contributed by atoms with Crippen molar-refractivity contribution in [2.24, 2.45) is 0 Å². The van der Waals surface area contributed by atoms with E-state index in [1.54, 1.807) is 32.1 Å². The molecule has 0 fully saturated rings. The van der Waals surface area contributed by atoms with Gasteiger partial charge in [0.2, 0.25) is 0 Å². The molecule has 0 saturated heterocycles. The molecule has 0 radical (unpaired) electrons. The molecule has 0 N–H and O–H groups in total. The van der Waals surface area contributed by atoms with E-state index in [0.717, 1.165) is 36.5 Å². The van der Waals surface area contributed by atoms with Crippen LogP contribution in [0.15, 0.2) is 76.4 Å². The van der Waals surface area contributed by atoms with Crippen LogP contribution in [-0.2, 0) is 4.74 Å². The molecule has 3 nitrogen and oxygen atoms in total. The van der Waals surface area contributed by atoms with Crippen LogP contribution < -0.4 is 4.90 Å². The highest BCUT2D eigenvalue weighted by atomic mass is 19.4. The van der Waals surface area contributed by atoms with E-state index < -0.39 is 17.6 Å².